The summed E-state index contributed by atoms with van der Waals surface area (Å²) in [6.07, 6.45) is 0. The number of aryl methyl sites for hydroxylation is 2. The van der Waals surface area contributed by atoms with Gasteiger partial charge >= 0.3 is 5.97 Å². The van der Waals surface area contributed by atoms with Gasteiger partial charge in [-0.25, -0.2) is 8.42 Å². The summed E-state index contributed by atoms with van der Waals surface area (Å²) in [4.78, 5) is 20.9. The maximum atomic E-state index is 12.3. The molecule has 1 aromatic rings. The Kier molecular flexibility index (Phi) is 4.69. The summed E-state index contributed by atoms with van der Waals surface area (Å²) in [6, 6.07) is 0.0552. The smallest absolute Gasteiger partial charge is 0.321 e. The first kappa shape index (κ1) is 17.1. The van der Waals surface area contributed by atoms with Gasteiger partial charge in [0.1, 0.15) is 6.04 Å². The molecule has 1 aromatic carbocycles. The van der Waals surface area contributed by atoms with Crippen LogP contribution in [0.4, 0.5) is 5.69 Å². The van der Waals surface area contributed by atoms with Gasteiger partial charge in [-0.15, -0.1) is 0 Å². The van der Waals surface area contributed by atoms with E-state index in [1.54, 1.807) is 0 Å². The topological polar surface area (TPSA) is 127 Å². The molecule has 0 fully saturated rings. The third kappa shape index (κ3) is 3.37. The summed E-state index contributed by atoms with van der Waals surface area (Å²) in [7, 11) is -4.17. The monoisotopic (exact) mass is 316 g/mol. The van der Waals surface area contributed by atoms with Crippen LogP contribution in [0, 0.1) is 30.9 Å². The lowest BCUT2D eigenvalue weighted by Crippen LogP contribution is -2.38. The molecule has 0 bridgehead atoms. The Labute approximate surface area is 122 Å². The van der Waals surface area contributed by atoms with E-state index in [0.717, 1.165) is 0 Å². The van der Waals surface area contributed by atoms with Gasteiger partial charge in [0.25, 0.3) is 5.69 Å². The van der Waals surface area contributed by atoms with Crippen molar-refractivity contribution in [1.82, 2.24) is 4.72 Å². The first-order valence-corrected chi connectivity index (χ1v) is 7.47. The highest BCUT2D eigenvalue weighted by atomic mass is 32.2. The second kappa shape index (κ2) is 5.78. The number of benzene rings is 1. The van der Waals surface area contributed by atoms with E-state index in [9.17, 15) is 23.3 Å². The SMILES string of the molecule is Cc1cc(C)c(S(=O)(=O)N[C@H](C)C(=O)O)c(C)c1[N+](=O)[O-]. The highest BCUT2D eigenvalue weighted by molar-refractivity contribution is 7.89. The maximum Gasteiger partial charge on any atom is 0.321 e. The van der Waals surface area contributed by atoms with Crippen molar-refractivity contribution in [3.05, 3.63) is 32.9 Å². The molecule has 0 saturated carbocycles. The molecule has 0 saturated heterocycles. The molecule has 1 atom stereocenters. The zero-order valence-electron chi connectivity index (χ0n) is 12.0. The summed E-state index contributed by atoms with van der Waals surface area (Å²) >= 11 is 0. The molecule has 8 nitrogen and oxygen atoms in total. The van der Waals surface area contributed by atoms with Crippen LogP contribution in [0.25, 0.3) is 0 Å². The Balaban J connectivity index is 3.53. The van der Waals surface area contributed by atoms with E-state index < -0.39 is 27.0 Å². The van der Waals surface area contributed by atoms with Gasteiger partial charge in [0, 0.05) is 11.1 Å². The lowest BCUT2D eigenvalue weighted by molar-refractivity contribution is -0.386. The molecule has 0 unspecified atom stereocenters. The van der Waals surface area contributed by atoms with E-state index in [0.29, 0.717) is 11.1 Å². The Hall–Kier alpha value is -2.00. The van der Waals surface area contributed by atoms with Crippen LogP contribution < -0.4 is 4.72 Å². The van der Waals surface area contributed by atoms with E-state index in [-0.39, 0.29) is 16.1 Å². The van der Waals surface area contributed by atoms with Gasteiger partial charge in [0.05, 0.1) is 9.82 Å². The predicted molar refractivity (Wildman–Crippen MR) is 74.7 cm³/mol. The third-order valence-corrected chi connectivity index (χ3v) is 4.84. The lowest BCUT2D eigenvalue weighted by Gasteiger charge is -2.15. The first-order chi connectivity index (χ1) is 9.49. The van der Waals surface area contributed by atoms with Crippen molar-refractivity contribution in [2.24, 2.45) is 0 Å². The Bertz CT molecular complexity index is 711. The second-order valence-corrected chi connectivity index (χ2v) is 6.40. The van der Waals surface area contributed by atoms with Crippen molar-refractivity contribution >= 4 is 21.7 Å². The number of hydrogen-bond donors (Lipinski definition) is 2. The van der Waals surface area contributed by atoms with Gasteiger partial charge in [-0.05, 0) is 39.3 Å². The summed E-state index contributed by atoms with van der Waals surface area (Å²) in [5, 5.41) is 19.8. The molecule has 21 heavy (non-hydrogen) atoms. The van der Waals surface area contributed by atoms with E-state index >= 15 is 0 Å². The fraction of sp³-hybridized carbons (Fsp3) is 0.417. The van der Waals surface area contributed by atoms with Crippen LogP contribution in [0.3, 0.4) is 0 Å². The van der Waals surface area contributed by atoms with Gasteiger partial charge < -0.3 is 5.11 Å². The minimum absolute atomic E-state index is 0.0115. The first-order valence-electron chi connectivity index (χ1n) is 5.99. The van der Waals surface area contributed by atoms with E-state index in [1.807, 2.05) is 4.72 Å². The standard InChI is InChI=1S/C12H16N2O6S/c1-6-5-7(2)11(8(3)10(6)14(17)18)21(19,20)13-9(4)12(15)16/h5,9,13H,1-4H3,(H,15,16)/t9-/m1/s1. The molecule has 0 aliphatic heterocycles. The molecular formula is C12H16N2O6S. The second-order valence-electron chi connectivity index (χ2n) is 4.75. The highest BCUT2D eigenvalue weighted by Gasteiger charge is 2.29. The number of carbonyl (C=O) groups is 1. The zero-order valence-corrected chi connectivity index (χ0v) is 12.8. The highest BCUT2D eigenvalue weighted by Crippen LogP contribution is 2.31. The van der Waals surface area contributed by atoms with Gasteiger partial charge in [-0.2, -0.15) is 4.72 Å². The molecule has 0 aromatic heterocycles. The molecule has 0 spiro atoms. The van der Waals surface area contributed by atoms with Crippen molar-refractivity contribution in [1.29, 1.82) is 0 Å². The molecular weight excluding hydrogens is 300 g/mol. The van der Waals surface area contributed by atoms with E-state index in [2.05, 4.69) is 0 Å². The fourth-order valence-electron chi connectivity index (χ4n) is 2.19. The van der Waals surface area contributed by atoms with Crippen LogP contribution >= 0.6 is 0 Å². The average Bonchev–Trinajstić information content (AvgIpc) is 2.25. The van der Waals surface area contributed by atoms with Crippen LogP contribution in [0.2, 0.25) is 0 Å². The van der Waals surface area contributed by atoms with Crippen molar-refractivity contribution in [3.8, 4) is 0 Å². The zero-order chi connectivity index (χ0) is 16.5. The normalized spacial score (nSPS) is 13.0. The fourth-order valence-corrected chi connectivity index (χ4v) is 3.86. The summed E-state index contributed by atoms with van der Waals surface area (Å²) in [6.45, 7) is 5.52. The van der Waals surface area contributed by atoms with Gasteiger partial charge in [0.15, 0.2) is 0 Å². The Morgan fingerprint density at radius 2 is 1.86 bits per heavy atom. The molecule has 0 aliphatic carbocycles. The van der Waals surface area contributed by atoms with Crippen molar-refractivity contribution < 1.29 is 23.2 Å². The van der Waals surface area contributed by atoms with Crippen LogP contribution in [-0.4, -0.2) is 30.5 Å². The number of hydrogen-bond acceptors (Lipinski definition) is 5. The van der Waals surface area contributed by atoms with Gasteiger partial charge in [-0.1, -0.05) is 0 Å². The average molecular weight is 316 g/mol. The lowest BCUT2D eigenvalue weighted by atomic mass is 10.1. The molecule has 2 N–H and O–H groups in total. The molecule has 0 aliphatic rings. The molecule has 1 rings (SSSR count). The van der Waals surface area contributed by atoms with Gasteiger partial charge in [0.2, 0.25) is 10.0 Å². The molecule has 116 valence electrons. The molecule has 0 heterocycles. The number of nitro groups is 1. The Morgan fingerprint density at radius 3 is 2.29 bits per heavy atom. The largest absolute Gasteiger partial charge is 0.480 e. The third-order valence-electron chi connectivity index (χ3n) is 3.01. The summed E-state index contributed by atoms with van der Waals surface area (Å²) in [5.41, 5.74) is 0.368. The van der Waals surface area contributed by atoms with Crippen LogP contribution in [0.5, 0.6) is 0 Å². The van der Waals surface area contributed by atoms with Crippen molar-refractivity contribution in [3.63, 3.8) is 0 Å². The summed E-state index contributed by atoms with van der Waals surface area (Å²) < 4.78 is 26.5. The number of carboxylic acid groups (broad SMARTS) is 1. The number of nitro benzene ring substituents is 1. The van der Waals surface area contributed by atoms with E-state index in [4.69, 9.17) is 5.11 Å². The van der Waals surface area contributed by atoms with Crippen molar-refractivity contribution in [2.75, 3.05) is 0 Å². The summed E-state index contributed by atoms with van der Waals surface area (Å²) in [5.74, 6) is -1.34. The quantitative estimate of drug-likeness (QED) is 0.622. The predicted octanol–water partition coefficient (Wildman–Crippen LogP) is 1.27. The van der Waals surface area contributed by atoms with Crippen LogP contribution in [0.15, 0.2) is 11.0 Å². The minimum Gasteiger partial charge on any atom is -0.480 e. The van der Waals surface area contributed by atoms with E-state index in [1.165, 1.54) is 33.8 Å². The minimum atomic E-state index is -4.17. The molecule has 9 heteroatoms. The van der Waals surface area contributed by atoms with Gasteiger partial charge in [-0.3, -0.25) is 14.9 Å². The Morgan fingerprint density at radius 1 is 1.33 bits per heavy atom. The number of rotatable bonds is 5. The van der Waals surface area contributed by atoms with Crippen LogP contribution in [-0.2, 0) is 14.8 Å². The number of aliphatic carboxylic acids is 1. The molecule has 0 amide bonds. The number of nitrogens with zero attached hydrogens (tertiary/aromatic N) is 1. The molecule has 0 radical (unpaired) electrons. The number of nitrogens with one attached hydrogen (secondary N) is 1. The van der Waals surface area contributed by atoms with Crippen LogP contribution in [0.1, 0.15) is 23.6 Å². The van der Waals surface area contributed by atoms with Crippen molar-refractivity contribution in [2.45, 2.75) is 38.6 Å². The number of carboxylic acids is 1. The number of sulfonamides is 1. The maximum absolute atomic E-state index is 12.3.